The summed E-state index contributed by atoms with van der Waals surface area (Å²) < 4.78 is 13.9. The van der Waals surface area contributed by atoms with E-state index >= 15 is 0 Å². The van der Waals surface area contributed by atoms with Gasteiger partial charge in [0, 0.05) is 31.2 Å². The van der Waals surface area contributed by atoms with Gasteiger partial charge in [-0.15, -0.1) is 0 Å². The van der Waals surface area contributed by atoms with Crippen LogP contribution in [0.2, 0.25) is 0 Å². The Morgan fingerprint density at radius 3 is 2.45 bits per heavy atom. The number of hydrogen-bond acceptors (Lipinski definition) is 4. The molecule has 3 N–H and O–H groups in total. The van der Waals surface area contributed by atoms with Crippen LogP contribution >= 0.6 is 0 Å². The van der Waals surface area contributed by atoms with Crippen molar-refractivity contribution in [2.75, 3.05) is 26.7 Å². The van der Waals surface area contributed by atoms with Gasteiger partial charge in [-0.1, -0.05) is 25.1 Å². The minimum absolute atomic E-state index is 0.0916. The minimum Gasteiger partial charge on any atom is -0.389 e. The van der Waals surface area contributed by atoms with E-state index in [1.807, 2.05) is 24.9 Å². The highest BCUT2D eigenvalue weighted by Crippen LogP contribution is 2.25. The molecule has 20 heavy (non-hydrogen) atoms. The first-order valence-corrected chi connectivity index (χ1v) is 7.03. The minimum atomic E-state index is -0.677. The molecule has 4 nitrogen and oxygen atoms in total. The molecular formula is C15H23FN2O2. The molecule has 2 rings (SSSR count). The Morgan fingerprint density at radius 2 is 1.90 bits per heavy atom. The molecule has 0 saturated carbocycles. The normalized spacial score (nSPS) is 26.6. The Balaban J connectivity index is 2.03. The standard InChI is InChI=1S/C15H23FN2O2/c1-10(7-18-8-13(19)14(20)9-18)15(17-2)11-5-3-4-6-12(11)16/h3-6,10,13-15,17,19-20H,7-9H2,1-2H3. The number of nitrogens with zero attached hydrogens (tertiary/aromatic N) is 1. The van der Waals surface area contributed by atoms with Crippen molar-refractivity contribution in [3.05, 3.63) is 35.6 Å². The summed E-state index contributed by atoms with van der Waals surface area (Å²) >= 11 is 0. The summed E-state index contributed by atoms with van der Waals surface area (Å²) in [6.07, 6.45) is -1.35. The Labute approximate surface area is 119 Å². The van der Waals surface area contributed by atoms with Crippen molar-refractivity contribution in [2.24, 2.45) is 5.92 Å². The smallest absolute Gasteiger partial charge is 0.127 e. The van der Waals surface area contributed by atoms with E-state index in [9.17, 15) is 14.6 Å². The second-order valence-electron chi connectivity index (χ2n) is 5.62. The SMILES string of the molecule is CNC(c1ccccc1F)C(C)CN1CC(O)C(O)C1. The topological polar surface area (TPSA) is 55.7 Å². The number of rotatable bonds is 5. The lowest BCUT2D eigenvalue weighted by molar-refractivity contribution is 0.0572. The molecule has 0 amide bonds. The molecule has 4 atom stereocenters. The van der Waals surface area contributed by atoms with E-state index in [2.05, 4.69) is 5.32 Å². The van der Waals surface area contributed by atoms with Crippen molar-refractivity contribution in [3.8, 4) is 0 Å². The van der Waals surface area contributed by atoms with Gasteiger partial charge in [-0.3, -0.25) is 4.90 Å². The molecule has 1 heterocycles. The third-order valence-electron chi connectivity index (χ3n) is 4.00. The summed E-state index contributed by atoms with van der Waals surface area (Å²) in [4.78, 5) is 2.02. The monoisotopic (exact) mass is 282 g/mol. The van der Waals surface area contributed by atoms with Crippen LogP contribution in [0.15, 0.2) is 24.3 Å². The maximum atomic E-state index is 13.9. The van der Waals surface area contributed by atoms with Gasteiger partial charge in [-0.2, -0.15) is 0 Å². The second-order valence-corrected chi connectivity index (χ2v) is 5.62. The molecule has 1 aliphatic rings. The van der Waals surface area contributed by atoms with E-state index in [4.69, 9.17) is 0 Å². The largest absolute Gasteiger partial charge is 0.389 e. The lowest BCUT2D eigenvalue weighted by Gasteiger charge is -2.28. The van der Waals surface area contributed by atoms with E-state index in [0.29, 0.717) is 25.2 Å². The zero-order valence-electron chi connectivity index (χ0n) is 12.0. The van der Waals surface area contributed by atoms with Gasteiger partial charge in [0.25, 0.3) is 0 Å². The highest BCUT2D eigenvalue weighted by Gasteiger charge is 2.31. The molecule has 1 aliphatic heterocycles. The third kappa shape index (κ3) is 3.35. The molecule has 0 aliphatic carbocycles. The van der Waals surface area contributed by atoms with Crippen LogP contribution in [0, 0.1) is 11.7 Å². The zero-order chi connectivity index (χ0) is 14.7. The van der Waals surface area contributed by atoms with Crippen LogP contribution in [-0.2, 0) is 0 Å². The molecule has 0 radical (unpaired) electrons. The summed E-state index contributed by atoms with van der Waals surface area (Å²) in [5, 5.41) is 22.3. The predicted octanol–water partition coefficient (Wildman–Crippen LogP) is 0.760. The molecule has 1 aromatic rings. The van der Waals surface area contributed by atoms with E-state index < -0.39 is 12.2 Å². The van der Waals surface area contributed by atoms with Crippen molar-refractivity contribution in [1.29, 1.82) is 0 Å². The number of nitrogens with one attached hydrogen (secondary N) is 1. The molecule has 1 fully saturated rings. The first-order valence-electron chi connectivity index (χ1n) is 7.03. The van der Waals surface area contributed by atoms with Crippen LogP contribution in [0.4, 0.5) is 4.39 Å². The fourth-order valence-electron chi connectivity index (χ4n) is 2.98. The van der Waals surface area contributed by atoms with Crippen molar-refractivity contribution < 1.29 is 14.6 Å². The van der Waals surface area contributed by atoms with Crippen molar-refractivity contribution in [3.63, 3.8) is 0 Å². The quantitative estimate of drug-likeness (QED) is 0.746. The van der Waals surface area contributed by atoms with Crippen LogP contribution in [0.1, 0.15) is 18.5 Å². The Hall–Kier alpha value is -1.01. The summed E-state index contributed by atoms with van der Waals surface area (Å²) in [5.74, 6) is -0.0467. The number of benzene rings is 1. The maximum Gasteiger partial charge on any atom is 0.127 e. The highest BCUT2D eigenvalue weighted by atomic mass is 19.1. The average molecular weight is 282 g/mol. The van der Waals surface area contributed by atoms with Gasteiger partial charge in [-0.25, -0.2) is 4.39 Å². The predicted molar refractivity (Wildman–Crippen MR) is 75.8 cm³/mol. The fourth-order valence-corrected chi connectivity index (χ4v) is 2.98. The second kappa shape index (κ2) is 6.63. The number of aliphatic hydroxyl groups is 2. The van der Waals surface area contributed by atoms with Gasteiger partial charge in [0.2, 0.25) is 0 Å². The number of halogens is 1. The molecular weight excluding hydrogens is 259 g/mol. The Kier molecular flexibility index (Phi) is 5.10. The zero-order valence-corrected chi connectivity index (χ0v) is 12.0. The summed E-state index contributed by atoms with van der Waals surface area (Å²) in [6.45, 7) is 3.69. The Bertz CT molecular complexity index is 434. The van der Waals surface area contributed by atoms with Gasteiger partial charge >= 0.3 is 0 Å². The van der Waals surface area contributed by atoms with Crippen molar-refractivity contribution >= 4 is 0 Å². The van der Waals surface area contributed by atoms with Gasteiger partial charge in [0.15, 0.2) is 0 Å². The van der Waals surface area contributed by atoms with Gasteiger partial charge < -0.3 is 15.5 Å². The molecule has 1 aromatic carbocycles. The number of hydrogen-bond donors (Lipinski definition) is 3. The third-order valence-corrected chi connectivity index (χ3v) is 4.00. The van der Waals surface area contributed by atoms with Gasteiger partial charge in [-0.05, 0) is 19.0 Å². The molecule has 0 bridgehead atoms. The summed E-state index contributed by atoms with van der Waals surface area (Å²) in [6, 6.07) is 6.68. The van der Waals surface area contributed by atoms with E-state index in [-0.39, 0.29) is 17.8 Å². The first kappa shape index (κ1) is 15.4. The average Bonchev–Trinajstić information content (AvgIpc) is 2.71. The molecule has 5 heteroatoms. The van der Waals surface area contributed by atoms with Crippen LogP contribution < -0.4 is 5.32 Å². The van der Waals surface area contributed by atoms with Crippen LogP contribution in [0.25, 0.3) is 0 Å². The molecule has 0 spiro atoms. The van der Waals surface area contributed by atoms with Crippen LogP contribution in [0.3, 0.4) is 0 Å². The Morgan fingerprint density at radius 1 is 1.30 bits per heavy atom. The molecule has 112 valence electrons. The van der Waals surface area contributed by atoms with Crippen LogP contribution in [-0.4, -0.2) is 54.0 Å². The maximum absolute atomic E-state index is 13.9. The van der Waals surface area contributed by atoms with Gasteiger partial charge in [0.1, 0.15) is 5.82 Å². The van der Waals surface area contributed by atoms with Crippen LogP contribution in [0.5, 0.6) is 0 Å². The van der Waals surface area contributed by atoms with Crippen molar-refractivity contribution in [2.45, 2.75) is 25.2 Å². The van der Waals surface area contributed by atoms with E-state index in [0.717, 1.165) is 0 Å². The van der Waals surface area contributed by atoms with Gasteiger partial charge in [0.05, 0.1) is 12.2 Å². The summed E-state index contributed by atoms with van der Waals surface area (Å²) in [7, 11) is 1.82. The number of likely N-dealkylation sites (tertiary alicyclic amines) is 1. The lowest BCUT2D eigenvalue weighted by atomic mass is 9.93. The summed E-state index contributed by atoms with van der Waals surface area (Å²) in [5.41, 5.74) is 0.655. The van der Waals surface area contributed by atoms with E-state index in [1.54, 1.807) is 12.1 Å². The lowest BCUT2D eigenvalue weighted by Crippen LogP contribution is -2.34. The first-order chi connectivity index (χ1) is 9.52. The fraction of sp³-hybridized carbons (Fsp3) is 0.600. The molecule has 4 unspecified atom stereocenters. The van der Waals surface area contributed by atoms with Crippen molar-refractivity contribution in [1.82, 2.24) is 10.2 Å². The number of β-amino-alcohol motifs (C(OH)–C–C–N with tert-alkyl or cyclic N) is 2. The molecule has 1 saturated heterocycles. The highest BCUT2D eigenvalue weighted by molar-refractivity contribution is 5.21. The number of aliphatic hydroxyl groups excluding tert-OH is 2. The molecule has 0 aromatic heterocycles. The van der Waals surface area contributed by atoms with E-state index in [1.165, 1.54) is 6.07 Å².